The molecule has 6 heteroatoms. The Hall–Kier alpha value is -2.89. The average Bonchev–Trinajstić information content (AvgIpc) is 2.48. The lowest BCUT2D eigenvalue weighted by Gasteiger charge is -2.09. The van der Waals surface area contributed by atoms with Crippen molar-refractivity contribution in [3.05, 3.63) is 64.2 Å². The zero-order valence-electron chi connectivity index (χ0n) is 11.3. The van der Waals surface area contributed by atoms with Crippen molar-refractivity contribution in [3.8, 4) is 0 Å². The lowest BCUT2D eigenvalue weighted by molar-refractivity contribution is 0.0527. The van der Waals surface area contributed by atoms with Crippen LogP contribution in [0.1, 0.15) is 27.6 Å². The van der Waals surface area contributed by atoms with E-state index in [1.54, 1.807) is 31.2 Å². The molecule has 0 aliphatic carbocycles. The number of carbonyl (C=O) groups is 2. The van der Waals surface area contributed by atoms with E-state index in [1.165, 1.54) is 6.07 Å². The van der Waals surface area contributed by atoms with E-state index in [0.717, 1.165) is 12.3 Å². The van der Waals surface area contributed by atoms with Crippen LogP contribution in [0.4, 0.5) is 5.69 Å². The summed E-state index contributed by atoms with van der Waals surface area (Å²) in [7, 11) is 0. The Balaban J connectivity index is 2.23. The fourth-order valence-electron chi connectivity index (χ4n) is 1.66. The van der Waals surface area contributed by atoms with Gasteiger partial charge in [-0.3, -0.25) is 4.79 Å². The Labute approximate surface area is 120 Å². The Kier molecular flexibility index (Phi) is 4.50. The first-order valence-corrected chi connectivity index (χ1v) is 6.28. The quantitative estimate of drug-likeness (QED) is 0.870. The van der Waals surface area contributed by atoms with Crippen LogP contribution < -0.4 is 10.9 Å². The molecule has 1 aromatic carbocycles. The van der Waals surface area contributed by atoms with E-state index in [0.29, 0.717) is 5.69 Å². The minimum atomic E-state index is -0.543. The van der Waals surface area contributed by atoms with E-state index in [9.17, 15) is 14.4 Å². The lowest BCUT2D eigenvalue weighted by atomic mass is 10.1. The van der Waals surface area contributed by atoms with Gasteiger partial charge in [-0.25, -0.2) is 9.59 Å². The second kappa shape index (κ2) is 6.51. The monoisotopic (exact) mass is 287 g/mol. The van der Waals surface area contributed by atoms with Gasteiger partial charge in [-0.05, 0) is 25.1 Å². The van der Waals surface area contributed by atoms with E-state index in [4.69, 9.17) is 4.74 Å². The van der Waals surface area contributed by atoms with Gasteiger partial charge in [0.25, 0.3) is 5.91 Å². The molecule has 0 bridgehead atoms. The van der Waals surface area contributed by atoms with Gasteiger partial charge in [0.05, 0.1) is 23.4 Å². The third-order valence-corrected chi connectivity index (χ3v) is 2.63. The average molecular weight is 287 g/mol. The van der Waals surface area contributed by atoms with Gasteiger partial charge in [0.1, 0.15) is 6.26 Å². The van der Waals surface area contributed by atoms with Crippen molar-refractivity contribution in [2.45, 2.75) is 6.92 Å². The Morgan fingerprint density at radius 1 is 1.19 bits per heavy atom. The first-order valence-electron chi connectivity index (χ1n) is 6.28. The molecule has 1 amide bonds. The number of benzene rings is 1. The van der Waals surface area contributed by atoms with Crippen molar-refractivity contribution < 1.29 is 18.7 Å². The summed E-state index contributed by atoms with van der Waals surface area (Å²) < 4.78 is 9.55. The predicted molar refractivity (Wildman–Crippen MR) is 75.3 cm³/mol. The number of amides is 1. The highest BCUT2D eigenvalue weighted by atomic mass is 16.5. The van der Waals surface area contributed by atoms with E-state index in [-0.39, 0.29) is 17.7 Å². The van der Waals surface area contributed by atoms with Crippen molar-refractivity contribution in [2.75, 3.05) is 11.9 Å². The lowest BCUT2D eigenvalue weighted by Crippen LogP contribution is -2.16. The highest BCUT2D eigenvalue weighted by Gasteiger charge is 2.15. The van der Waals surface area contributed by atoms with E-state index >= 15 is 0 Å². The third-order valence-electron chi connectivity index (χ3n) is 2.63. The molecule has 2 aromatic rings. The van der Waals surface area contributed by atoms with Crippen LogP contribution in [0.2, 0.25) is 0 Å². The minimum Gasteiger partial charge on any atom is -0.462 e. The molecular formula is C15H13NO5. The van der Waals surface area contributed by atoms with Gasteiger partial charge < -0.3 is 14.5 Å². The maximum Gasteiger partial charge on any atom is 0.340 e. The van der Waals surface area contributed by atoms with Crippen molar-refractivity contribution in [3.63, 3.8) is 0 Å². The molecule has 21 heavy (non-hydrogen) atoms. The molecule has 0 spiro atoms. The first kappa shape index (κ1) is 14.5. The molecule has 1 aromatic heterocycles. The van der Waals surface area contributed by atoms with Crippen LogP contribution in [0, 0.1) is 0 Å². The van der Waals surface area contributed by atoms with Crippen molar-refractivity contribution in [1.29, 1.82) is 0 Å². The molecule has 0 aliphatic heterocycles. The zero-order valence-corrected chi connectivity index (χ0v) is 11.3. The fourth-order valence-corrected chi connectivity index (χ4v) is 1.66. The van der Waals surface area contributed by atoms with Gasteiger partial charge in [0.15, 0.2) is 0 Å². The largest absolute Gasteiger partial charge is 0.462 e. The molecule has 108 valence electrons. The molecule has 0 atom stereocenters. The van der Waals surface area contributed by atoms with Gasteiger partial charge in [-0.1, -0.05) is 12.1 Å². The molecule has 2 rings (SSSR count). The molecule has 1 N–H and O–H groups in total. The molecule has 1 heterocycles. The smallest absolute Gasteiger partial charge is 0.340 e. The van der Waals surface area contributed by atoms with Crippen molar-refractivity contribution in [2.24, 2.45) is 0 Å². The molecular weight excluding hydrogens is 274 g/mol. The summed E-state index contributed by atoms with van der Waals surface area (Å²) in [5.41, 5.74) is 0.212. The number of para-hydroxylation sites is 1. The summed E-state index contributed by atoms with van der Waals surface area (Å²) in [6.45, 7) is 1.94. The SMILES string of the molecule is CCOC(=O)c1ccccc1NC(=O)c1ccc(=O)oc1. The number of hydrogen-bond donors (Lipinski definition) is 1. The second-order valence-corrected chi connectivity index (χ2v) is 4.06. The topological polar surface area (TPSA) is 85.6 Å². The van der Waals surface area contributed by atoms with Crippen LogP contribution in [0.5, 0.6) is 0 Å². The molecule has 0 fully saturated rings. The van der Waals surface area contributed by atoms with E-state index in [1.807, 2.05) is 0 Å². The standard InChI is InChI=1S/C15H13NO5/c1-2-20-15(19)11-5-3-4-6-12(11)16-14(18)10-7-8-13(17)21-9-10/h3-9H,2H2,1H3,(H,16,18). The third kappa shape index (κ3) is 3.56. The highest BCUT2D eigenvalue weighted by Crippen LogP contribution is 2.17. The van der Waals surface area contributed by atoms with Crippen molar-refractivity contribution in [1.82, 2.24) is 0 Å². The number of rotatable bonds is 4. The highest BCUT2D eigenvalue weighted by molar-refractivity contribution is 6.07. The van der Waals surface area contributed by atoms with Crippen LogP contribution in [-0.4, -0.2) is 18.5 Å². The number of anilines is 1. The Morgan fingerprint density at radius 3 is 2.62 bits per heavy atom. The summed E-state index contributed by atoms with van der Waals surface area (Å²) in [5.74, 6) is -1.01. The predicted octanol–water partition coefficient (Wildman–Crippen LogP) is 2.07. The van der Waals surface area contributed by atoms with E-state index in [2.05, 4.69) is 9.73 Å². The summed E-state index contributed by atoms with van der Waals surface area (Å²) in [5, 5.41) is 2.58. The summed E-state index contributed by atoms with van der Waals surface area (Å²) in [4.78, 5) is 34.7. The first-order chi connectivity index (χ1) is 10.1. The van der Waals surface area contributed by atoms with Crippen LogP contribution in [0.3, 0.4) is 0 Å². The number of nitrogens with one attached hydrogen (secondary N) is 1. The normalized spacial score (nSPS) is 9.95. The number of hydrogen-bond acceptors (Lipinski definition) is 5. The van der Waals surface area contributed by atoms with Gasteiger partial charge in [0.2, 0.25) is 0 Å². The van der Waals surface area contributed by atoms with Gasteiger partial charge in [0, 0.05) is 6.07 Å². The summed E-state index contributed by atoms with van der Waals surface area (Å²) in [6, 6.07) is 8.98. The maximum atomic E-state index is 12.0. The fraction of sp³-hybridized carbons (Fsp3) is 0.133. The van der Waals surface area contributed by atoms with Crippen LogP contribution >= 0.6 is 0 Å². The molecule has 0 saturated carbocycles. The Bertz CT molecular complexity index is 700. The zero-order chi connectivity index (χ0) is 15.2. The van der Waals surface area contributed by atoms with Gasteiger partial charge in [-0.15, -0.1) is 0 Å². The maximum absolute atomic E-state index is 12.0. The Morgan fingerprint density at radius 2 is 1.95 bits per heavy atom. The molecule has 6 nitrogen and oxygen atoms in total. The van der Waals surface area contributed by atoms with Crippen molar-refractivity contribution >= 4 is 17.6 Å². The van der Waals surface area contributed by atoms with Gasteiger partial charge >= 0.3 is 11.6 Å². The number of esters is 1. The van der Waals surface area contributed by atoms with E-state index < -0.39 is 17.5 Å². The van der Waals surface area contributed by atoms with Crippen LogP contribution in [0.25, 0.3) is 0 Å². The van der Waals surface area contributed by atoms with Crippen LogP contribution in [-0.2, 0) is 4.74 Å². The van der Waals surface area contributed by atoms with Gasteiger partial charge in [-0.2, -0.15) is 0 Å². The minimum absolute atomic E-state index is 0.174. The molecule has 0 saturated heterocycles. The molecule has 0 unspecified atom stereocenters. The second-order valence-electron chi connectivity index (χ2n) is 4.06. The summed E-state index contributed by atoms with van der Waals surface area (Å²) >= 11 is 0. The number of ether oxygens (including phenoxy) is 1. The molecule has 0 aliphatic rings. The summed E-state index contributed by atoms with van der Waals surface area (Å²) in [6.07, 6.45) is 1.06. The number of carbonyl (C=O) groups excluding carboxylic acids is 2. The van der Waals surface area contributed by atoms with Crippen LogP contribution in [0.15, 0.2) is 51.9 Å². The molecule has 0 radical (unpaired) electrons.